The van der Waals surface area contributed by atoms with Crippen molar-refractivity contribution in [3.05, 3.63) is 0 Å². The molecule has 1 aliphatic heterocycles. The molecule has 0 atom stereocenters. The van der Waals surface area contributed by atoms with Crippen LogP contribution in [-0.4, -0.2) is 48.8 Å². The molecule has 1 saturated heterocycles. The lowest BCUT2D eigenvalue weighted by Gasteiger charge is -2.39. The van der Waals surface area contributed by atoms with Gasteiger partial charge in [-0.25, -0.2) is 0 Å². The molecule has 2 aliphatic rings. The van der Waals surface area contributed by atoms with Gasteiger partial charge in [0.15, 0.2) is 0 Å². The summed E-state index contributed by atoms with van der Waals surface area (Å²) in [6, 6.07) is 0. The topological polar surface area (TPSA) is 49.8 Å². The normalized spacial score (nSPS) is 22.2. The van der Waals surface area contributed by atoms with Gasteiger partial charge in [-0.2, -0.15) is 0 Å². The molecule has 1 aliphatic carbocycles. The van der Waals surface area contributed by atoms with Crippen LogP contribution < -0.4 is 0 Å². The van der Waals surface area contributed by atoms with E-state index in [4.69, 9.17) is 9.84 Å². The molecule has 0 aromatic heterocycles. The van der Waals surface area contributed by atoms with E-state index in [-0.39, 0.29) is 6.61 Å². The van der Waals surface area contributed by atoms with Crippen LogP contribution in [0, 0.1) is 11.8 Å². The number of amides is 1. The lowest BCUT2D eigenvalue weighted by molar-refractivity contribution is -0.140. The summed E-state index contributed by atoms with van der Waals surface area (Å²) in [5, 5.41) is 8.50. The molecule has 4 heteroatoms. The Morgan fingerprint density at radius 2 is 2.14 bits per heavy atom. The van der Waals surface area contributed by atoms with Crippen molar-refractivity contribution in [2.75, 3.05) is 32.9 Å². The zero-order valence-corrected chi connectivity index (χ0v) is 8.32. The summed E-state index contributed by atoms with van der Waals surface area (Å²) in [6.07, 6.45) is 2.17. The van der Waals surface area contributed by atoms with E-state index in [2.05, 4.69) is 0 Å². The van der Waals surface area contributed by atoms with Crippen LogP contribution in [0.4, 0.5) is 0 Å². The maximum atomic E-state index is 11.5. The maximum Gasteiger partial charge on any atom is 0.225 e. The molecule has 1 saturated carbocycles. The Bertz CT molecular complexity index is 209. The van der Waals surface area contributed by atoms with Gasteiger partial charge in [-0.3, -0.25) is 4.79 Å². The molecule has 1 N–H and O–H groups in total. The van der Waals surface area contributed by atoms with Gasteiger partial charge in [0.05, 0.1) is 19.8 Å². The number of aliphatic hydroxyl groups excluding tert-OH is 1. The molecule has 80 valence electrons. The van der Waals surface area contributed by atoms with Crippen LogP contribution in [0.2, 0.25) is 0 Å². The fraction of sp³-hybridized carbons (Fsp3) is 0.900. The minimum absolute atomic E-state index is 0.0808. The first-order chi connectivity index (χ1) is 6.81. The summed E-state index contributed by atoms with van der Waals surface area (Å²) in [5.74, 6) is 1.17. The quantitative estimate of drug-likeness (QED) is 0.627. The highest BCUT2D eigenvalue weighted by atomic mass is 16.5. The fourth-order valence-electron chi connectivity index (χ4n) is 1.76. The number of likely N-dealkylation sites (tertiary alicyclic amines) is 1. The predicted molar refractivity (Wildman–Crippen MR) is 50.7 cm³/mol. The number of aliphatic hydroxyl groups is 1. The second-order valence-electron chi connectivity index (χ2n) is 4.18. The summed E-state index contributed by atoms with van der Waals surface area (Å²) in [7, 11) is 0. The largest absolute Gasteiger partial charge is 0.394 e. The number of carbonyl (C=O) groups is 1. The van der Waals surface area contributed by atoms with Gasteiger partial charge in [-0.15, -0.1) is 0 Å². The van der Waals surface area contributed by atoms with E-state index in [1.54, 1.807) is 0 Å². The number of ether oxygens (including phenoxy) is 1. The molecular formula is C10H17NO3. The van der Waals surface area contributed by atoms with Crippen LogP contribution in [-0.2, 0) is 9.53 Å². The molecule has 0 bridgehead atoms. The van der Waals surface area contributed by atoms with Crippen molar-refractivity contribution in [3.8, 4) is 0 Å². The van der Waals surface area contributed by atoms with E-state index in [0.29, 0.717) is 31.0 Å². The fourth-order valence-corrected chi connectivity index (χ4v) is 1.76. The Hall–Kier alpha value is -0.610. The molecular weight excluding hydrogens is 182 g/mol. The van der Waals surface area contributed by atoms with E-state index in [0.717, 1.165) is 25.9 Å². The minimum atomic E-state index is 0.0808. The Balaban J connectivity index is 1.57. The van der Waals surface area contributed by atoms with Crippen molar-refractivity contribution < 1.29 is 14.6 Å². The van der Waals surface area contributed by atoms with Gasteiger partial charge in [0.1, 0.15) is 0 Å². The van der Waals surface area contributed by atoms with Crippen LogP contribution in [0.5, 0.6) is 0 Å². The highest BCUT2D eigenvalue weighted by Gasteiger charge is 2.38. The highest BCUT2D eigenvalue weighted by molar-refractivity contribution is 5.81. The van der Waals surface area contributed by atoms with Crippen molar-refractivity contribution in [3.63, 3.8) is 0 Å². The van der Waals surface area contributed by atoms with E-state index in [1.165, 1.54) is 0 Å². The van der Waals surface area contributed by atoms with E-state index in [1.807, 2.05) is 4.90 Å². The van der Waals surface area contributed by atoms with Crippen LogP contribution in [0.15, 0.2) is 0 Å². The summed E-state index contributed by atoms with van der Waals surface area (Å²) in [6.45, 7) is 2.86. The molecule has 0 radical (unpaired) electrons. The summed E-state index contributed by atoms with van der Waals surface area (Å²) < 4.78 is 5.20. The van der Waals surface area contributed by atoms with Crippen molar-refractivity contribution >= 4 is 5.91 Å². The molecule has 0 unspecified atom stereocenters. The molecule has 2 rings (SSSR count). The molecule has 4 nitrogen and oxygen atoms in total. The molecule has 0 aromatic carbocycles. The van der Waals surface area contributed by atoms with Crippen LogP contribution in [0.25, 0.3) is 0 Å². The Morgan fingerprint density at radius 1 is 1.43 bits per heavy atom. The molecule has 14 heavy (non-hydrogen) atoms. The summed E-state index contributed by atoms with van der Waals surface area (Å²) >= 11 is 0. The average Bonchev–Trinajstić information content (AvgIpc) is 2.90. The highest BCUT2D eigenvalue weighted by Crippen LogP contribution is 2.33. The summed E-state index contributed by atoms with van der Waals surface area (Å²) in [5.41, 5.74) is 0. The molecule has 0 aromatic rings. The van der Waals surface area contributed by atoms with Crippen molar-refractivity contribution in [2.24, 2.45) is 11.8 Å². The third kappa shape index (κ3) is 2.25. The van der Waals surface area contributed by atoms with E-state index < -0.39 is 0 Å². The summed E-state index contributed by atoms with van der Waals surface area (Å²) in [4.78, 5) is 13.4. The Kier molecular flexibility index (Phi) is 3.03. The predicted octanol–water partition coefficient (Wildman–Crippen LogP) is -0.136. The zero-order chi connectivity index (χ0) is 9.97. The van der Waals surface area contributed by atoms with Gasteiger partial charge in [0, 0.05) is 24.9 Å². The van der Waals surface area contributed by atoms with Gasteiger partial charge < -0.3 is 14.7 Å². The first-order valence-corrected chi connectivity index (χ1v) is 5.28. The first-order valence-electron chi connectivity index (χ1n) is 5.28. The second-order valence-corrected chi connectivity index (χ2v) is 4.18. The lowest BCUT2D eigenvalue weighted by Crippen LogP contribution is -2.52. The van der Waals surface area contributed by atoms with Crippen molar-refractivity contribution in [1.82, 2.24) is 4.90 Å². The van der Waals surface area contributed by atoms with Crippen LogP contribution in [0.3, 0.4) is 0 Å². The van der Waals surface area contributed by atoms with Crippen LogP contribution in [0.1, 0.15) is 12.8 Å². The number of nitrogens with zero attached hydrogens (tertiary/aromatic N) is 1. The van der Waals surface area contributed by atoms with Gasteiger partial charge in [-0.05, 0) is 12.8 Å². The number of hydrogen-bond acceptors (Lipinski definition) is 3. The van der Waals surface area contributed by atoms with Crippen molar-refractivity contribution in [2.45, 2.75) is 12.8 Å². The van der Waals surface area contributed by atoms with E-state index >= 15 is 0 Å². The Morgan fingerprint density at radius 3 is 2.71 bits per heavy atom. The zero-order valence-electron chi connectivity index (χ0n) is 8.32. The molecule has 0 spiro atoms. The smallest absolute Gasteiger partial charge is 0.225 e. The average molecular weight is 199 g/mol. The third-order valence-electron chi connectivity index (χ3n) is 2.78. The van der Waals surface area contributed by atoms with Gasteiger partial charge >= 0.3 is 0 Å². The van der Waals surface area contributed by atoms with Gasteiger partial charge in [0.2, 0.25) is 5.91 Å². The minimum Gasteiger partial charge on any atom is -0.394 e. The molecule has 2 fully saturated rings. The number of carbonyl (C=O) groups excluding carboxylic acids is 1. The number of rotatable bonds is 5. The standard InChI is InChI=1S/C10H17NO3/c12-3-4-14-7-8-5-11(6-8)10(13)9-1-2-9/h8-9,12H,1-7H2. The maximum absolute atomic E-state index is 11.5. The van der Waals surface area contributed by atoms with Gasteiger partial charge in [-0.1, -0.05) is 0 Å². The number of hydrogen-bond donors (Lipinski definition) is 1. The van der Waals surface area contributed by atoms with E-state index in [9.17, 15) is 4.79 Å². The van der Waals surface area contributed by atoms with Crippen molar-refractivity contribution in [1.29, 1.82) is 0 Å². The van der Waals surface area contributed by atoms with Crippen LogP contribution >= 0.6 is 0 Å². The molecule has 1 amide bonds. The first kappa shape index (κ1) is 9.93. The monoisotopic (exact) mass is 199 g/mol. The Labute approximate surface area is 83.8 Å². The second kappa shape index (κ2) is 4.28. The third-order valence-corrected chi connectivity index (χ3v) is 2.78. The lowest BCUT2D eigenvalue weighted by atomic mass is 10.0. The molecule has 1 heterocycles. The SMILES string of the molecule is O=C(C1CC1)N1CC(COCCO)C1. The van der Waals surface area contributed by atoms with Gasteiger partial charge in [0.25, 0.3) is 0 Å².